The average Bonchev–Trinajstić information content (AvgIpc) is 2.46. The van der Waals surface area contributed by atoms with E-state index in [0.29, 0.717) is 12.0 Å². The third kappa shape index (κ3) is 6.33. The van der Waals surface area contributed by atoms with Gasteiger partial charge >= 0.3 is 5.97 Å². The van der Waals surface area contributed by atoms with Crippen LogP contribution < -0.4 is 0 Å². The molecule has 9 heteroatoms. The third-order valence-electron chi connectivity index (χ3n) is 3.29. The Kier molecular flexibility index (Phi) is 7.11. The molecule has 0 fully saturated rings. The number of nitro benzene ring substituents is 1. The maximum atomic E-state index is 11.8. The van der Waals surface area contributed by atoms with Gasteiger partial charge in [0.1, 0.15) is 0 Å². The van der Waals surface area contributed by atoms with Crippen LogP contribution in [0.2, 0.25) is 0 Å². The van der Waals surface area contributed by atoms with E-state index >= 15 is 0 Å². The molecule has 8 nitrogen and oxygen atoms in total. The summed E-state index contributed by atoms with van der Waals surface area (Å²) in [4.78, 5) is 20.9. The van der Waals surface area contributed by atoms with Crippen molar-refractivity contribution in [1.29, 1.82) is 0 Å². The molecule has 0 heterocycles. The summed E-state index contributed by atoms with van der Waals surface area (Å²) < 4.78 is 28.8. The van der Waals surface area contributed by atoms with Gasteiger partial charge < -0.3 is 9.84 Å². The molecule has 0 spiro atoms. The molecule has 1 unspecified atom stereocenters. The Balaban J connectivity index is 2.41. The highest BCUT2D eigenvalue weighted by Crippen LogP contribution is 2.18. The molecule has 0 aliphatic rings. The molecule has 128 valence electrons. The van der Waals surface area contributed by atoms with E-state index in [1.54, 1.807) is 18.2 Å². The first-order valence-electron chi connectivity index (χ1n) is 6.97. The largest absolute Gasteiger partial charge is 0.481 e. The van der Waals surface area contributed by atoms with E-state index in [0.717, 1.165) is 0 Å². The molecule has 1 N–H and O–H groups in total. The molecule has 0 aliphatic heterocycles. The molecule has 0 amide bonds. The minimum absolute atomic E-state index is 0.00111. The zero-order valence-electron chi connectivity index (χ0n) is 12.7. The van der Waals surface area contributed by atoms with Crippen LogP contribution in [-0.4, -0.2) is 48.6 Å². The average molecular weight is 345 g/mol. The minimum atomic E-state index is -3.54. The molecule has 0 aliphatic carbocycles. The number of aliphatic carboxylic acids is 1. The number of para-hydroxylation sites is 1. The number of sulfone groups is 1. The molecule has 1 atom stereocenters. The van der Waals surface area contributed by atoms with Crippen LogP contribution in [0.4, 0.5) is 5.69 Å². The molecule has 0 saturated heterocycles. The quantitative estimate of drug-likeness (QED) is 0.386. The van der Waals surface area contributed by atoms with Crippen LogP contribution in [0.5, 0.6) is 0 Å². The van der Waals surface area contributed by atoms with Crippen molar-refractivity contribution in [2.45, 2.75) is 25.0 Å². The summed E-state index contributed by atoms with van der Waals surface area (Å²) in [5.41, 5.74) is 0.512. The maximum absolute atomic E-state index is 11.8. The Hall–Kier alpha value is -2.00. The first kappa shape index (κ1) is 19.0. The van der Waals surface area contributed by atoms with Crippen molar-refractivity contribution in [2.75, 3.05) is 19.0 Å². The van der Waals surface area contributed by atoms with Gasteiger partial charge in [-0.1, -0.05) is 18.2 Å². The highest BCUT2D eigenvalue weighted by molar-refractivity contribution is 7.92. The summed E-state index contributed by atoms with van der Waals surface area (Å²) in [6.07, 6.45) is -0.152. The number of carbonyl (C=O) groups is 1. The van der Waals surface area contributed by atoms with E-state index in [9.17, 15) is 23.3 Å². The van der Waals surface area contributed by atoms with E-state index in [4.69, 9.17) is 9.84 Å². The number of nitrogens with zero attached hydrogens (tertiary/aromatic N) is 1. The zero-order chi connectivity index (χ0) is 17.5. The van der Waals surface area contributed by atoms with E-state index in [2.05, 4.69) is 0 Å². The number of carboxylic acids is 1. The Morgan fingerprint density at radius 1 is 1.35 bits per heavy atom. The lowest BCUT2D eigenvalue weighted by Crippen LogP contribution is -2.26. The number of carboxylic acid groups (broad SMARTS) is 1. The van der Waals surface area contributed by atoms with E-state index in [1.807, 2.05) is 0 Å². The standard InChI is InChI=1S/C14H19NO7S/c1-11(10-14(16)17)23(20,21)9-8-22-7-6-12-4-2-3-5-13(12)15(18)19/h2-5,11H,6-10H2,1H3,(H,16,17). The lowest BCUT2D eigenvalue weighted by molar-refractivity contribution is -0.385. The van der Waals surface area contributed by atoms with Crippen LogP contribution in [0.3, 0.4) is 0 Å². The predicted molar refractivity (Wildman–Crippen MR) is 83.1 cm³/mol. The van der Waals surface area contributed by atoms with Crippen molar-refractivity contribution >= 4 is 21.5 Å². The topological polar surface area (TPSA) is 124 Å². The van der Waals surface area contributed by atoms with E-state index in [-0.39, 0.29) is 24.7 Å². The van der Waals surface area contributed by atoms with Crippen LogP contribution in [0.1, 0.15) is 18.9 Å². The van der Waals surface area contributed by atoms with Crippen LogP contribution >= 0.6 is 0 Å². The summed E-state index contributed by atoms with van der Waals surface area (Å²) >= 11 is 0. The SMILES string of the molecule is CC(CC(=O)O)S(=O)(=O)CCOCCc1ccccc1[N+](=O)[O-]. The molecule has 0 saturated carbocycles. The van der Waals surface area contributed by atoms with Gasteiger partial charge in [-0.15, -0.1) is 0 Å². The molecule has 1 aromatic rings. The van der Waals surface area contributed by atoms with Gasteiger partial charge in [-0.25, -0.2) is 8.42 Å². The first-order valence-corrected chi connectivity index (χ1v) is 8.69. The van der Waals surface area contributed by atoms with Crippen molar-refractivity contribution in [1.82, 2.24) is 0 Å². The number of ether oxygens (including phenoxy) is 1. The van der Waals surface area contributed by atoms with Crippen molar-refractivity contribution in [3.8, 4) is 0 Å². The molecule has 1 aromatic carbocycles. The summed E-state index contributed by atoms with van der Waals surface area (Å²) in [5.74, 6) is -1.45. The lowest BCUT2D eigenvalue weighted by atomic mass is 10.1. The van der Waals surface area contributed by atoms with Crippen LogP contribution in [0, 0.1) is 10.1 Å². The molecular weight excluding hydrogens is 326 g/mol. The second-order valence-electron chi connectivity index (χ2n) is 5.02. The predicted octanol–water partition coefficient (Wildman–Crippen LogP) is 1.43. The van der Waals surface area contributed by atoms with Gasteiger partial charge in [0.05, 0.1) is 35.6 Å². The van der Waals surface area contributed by atoms with Gasteiger partial charge in [-0.3, -0.25) is 14.9 Å². The Morgan fingerprint density at radius 2 is 2.00 bits per heavy atom. The fraction of sp³-hybridized carbons (Fsp3) is 0.500. The molecule has 0 aromatic heterocycles. The Labute approximate surface area is 134 Å². The van der Waals surface area contributed by atoms with E-state index in [1.165, 1.54) is 13.0 Å². The van der Waals surface area contributed by atoms with Crippen molar-refractivity contribution in [3.05, 3.63) is 39.9 Å². The highest BCUT2D eigenvalue weighted by Gasteiger charge is 2.23. The number of hydrogen-bond acceptors (Lipinski definition) is 6. The van der Waals surface area contributed by atoms with Crippen LogP contribution in [0.25, 0.3) is 0 Å². The van der Waals surface area contributed by atoms with Crippen molar-refractivity contribution < 1.29 is 28.0 Å². The van der Waals surface area contributed by atoms with E-state index < -0.39 is 32.4 Å². The number of benzene rings is 1. The fourth-order valence-electron chi connectivity index (χ4n) is 1.93. The number of nitro groups is 1. The molecular formula is C14H19NO7S. The van der Waals surface area contributed by atoms with Gasteiger partial charge in [0.2, 0.25) is 0 Å². The minimum Gasteiger partial charge on any atom is -0.481 e. The highest BCUT2D eigenvalue weighted by atomic mass is 32.2. The molecule has 1 rings (SSSR count). The van der Waals surface area contributed by atoms with Gasteiger partial charge in [-0.05, 0) is 6.92 Å². The zero-order valence-corrected chi connectivity index (χ0v) is 13.5. The third-order valence-corrected chi connectivity index (χ3v) is 5.42. The molecule has 23 heavy (non-hydrogen) atoms. The monoisotopic (exact) mass is 345 g/mol. The summed E-state index contributed by atoms with van der Waals surface area (Å²) in [6, 6.07) is 6.26. The Bertz CT molecular complexity index is 657. The van der Waals surface area contributed by atoms with Gasteiger partial charge in [0.25, 0.3) is 5.69 Å². The van der Waals surface area contributed by atoms with Crippen molar-refractivity contribution in [2.24, 2.45) is 0 Å². The first-order chi connectivity index (χ1) is 10.7. The van der Waals surface area contributed by atoms with Gasteiger partial charge in [0, 0.05) is 18.1 Å². The number of rotatable bonds is 10. The lowest BCUT2D eigenvalue weighted by Gasteiger charge is -2.11. The Morgan fingerprint density at radius 3 is 2.61 bits per heavy atom. The molecule has 0 radical (unpaired) electrons. The second-order valence-corrected chi connectivity index (χ2v) is 7.56. The second kappa shape index (κ2) is 8.59. The molecule has 0 bridgehead atoms. The van der Waals surface area contributed by atoms with Gasteiger partial charge in [-0.2, -0.15) is 0 Å². The maximum Gasteiger partial charge on any atom is 0.304 e. The summed E-state index contributed by atoms with van der Waals surface area (Å²) in [5, 5.41) is 18.5. The normalized spacial score (nSPS) is 12.7. The van der Waals surface area contributed by atoms with Crippen LogP contribution in [0.15, 0.2) is 24.3 Å². The van der Waals surface area contributed by atoms with Gasteiger partial charge in [0.15, 0.2) is 9.84 Å². The summed E-state index contributed by atoms with van der Waals surface area (Å²) in [7, 11) is -3.54. The fourth-order valence-corrected chi connectivity index (χ4v) is 3.08. The van der Waals surface area contributed by atoms with Crippen LogP contribution in [-0.2, 0) is 25.8 Å². The summed E-state index contributed by atoms with van der Waals surface area (Å²) in [6.45, 7) is 1.41. The smallest absolute Gasteiger partial charge is 0.304 e. The number of hydrogen-bond donors (Lipinski definition) is 1. The van der Waals surface area contributed by atoms with Crippen molar-refractivity contribution in [3.63, 3.8) is 0 Å².